The van der Waals surface area contributed by atoms with Gasteiger partial charge in [-0.05, 0) is 19.1 Å². The van der Waals surface area contributed by atoms with Crippen LogP contribution in [0.1, 0.15) is 13.8 Å². The molecule has 6 heteroatoms. The van der Waals surface area contributed by atoms with Gasteiger partial charge >= 0.3 is 0 Å². The average molecular weight is 278 g/mol. The predicted octanol–water partition coefficient (Wildman–Crippen LogP) is 0.467. The lowest BCUT2D eigenvalue weighted by Crippen LogP contribution is -2.50. The van der Waals surface area contributed by atoms with E-state index in [-0.39, 0.29) is 17.9 Å². The number of hydrogen-bond acceptors (Lipinski definition) is 4. The van der Waals surface area contributed by atoms with Crippen LogP contribution in [-0.4, -0.2) is 37.1 Å². The van der Waals surface area contributed by atoms with Crippen molar-refractivity contribution in [3.8, 4) is 11.5 Å². The van der Waals surface area contributed by atoms with Gasteiger partial charge in [-0.25, -0.2) is 0 Å². The third-order valence-electron chi connectivity index (χ3n) is 2.90. The number of carbonyl (C=O) groups excluding carboxylic acids is 2. The molecule has 0 unspecified atom stereocenters. The molecular weight excluding hydrogens is 260 g/mol. The van der Waals surface area contributed by atoms with Crippen LogP contribution in [0.25, 0.3) is 0 Å². The predicted molar refractivity (Wildman–Crippen MR) is 72.6 cm³/mol. The number of hydrogen-bond donors (Lipinski definition) is 2. The highest BCUT2D eigenvalue weighted by molar-refractivity contribution is 5.82. The normalized spacial score (nSPS) is 20.1. The molecule has 2 rings (SSSR count). The molecule has 0 saturated heterocycles. The Morgan fingerprint density at radius 2 is 1.70 bits per heavy atom. The molecule has 1 heterocycles. The fourth-order valence-corrected chi connectivity index (χ4v) is 1.93. The second-order valence-corrected chi connectivity index (χ2v) is 4.58. The van der Waals surface area contributed by atoms with E-state index in [1.165, 1.54) is 6.92 Å². The first kappa shape index (κ1) is 14.2. The van der Waals surface area contributed by atoms with E-state index in [0.717, 1.165) is 0 Å². The molecule has 0 radical (unpaired) electrons. The van der Waals surface area contributed by atoms with Crippen molar-refractivity contribution < 1.29 is 19.1 Å². The monoisotopic (exact) mass is 278 g/mol. The molecule has 0 aromatic heterocycles. The smallest absolute Gasteiger partial charge is 0.265 e. The van der Waals surface area contributed by atoms with Crippen LogP contribution in [0.15, 0.2) is 24.3 Å². The van der Waals surface area contributed by atoms with Gasteiger partial charge in [0.25, 0.3) is 5.91 Å². The van der Waals surface area contributed by atoms with Gasteiger partial charge in [-0.1, -0.05) is 12.1 Å². The van der Waals surface area contributed by atoms with Crippen molar-refractivity contribution in [3.05, 3.63) is 24.3 Å². The summed E-state index contributed by atoms with van der Waals surface area (Å²) in [6.45, 7) is 3.96. The minimum Gasteiger partial charge on any atom is -0.482 e. The zero-order valence-electron chi connectivity index (χ0n) is 11.5. The first-order valence-corrected chi connectivity index (χ1v) is 6.52. The Labute approximate surface area is 117 Å². The van der Waals surface area contributed by atoms with Crippen LogP contribution in [0.3, 0.4) is 0 Å². The average Bonchev–Trinajstić information content (AvgIpc) is 2.42. The van der Waals surface area contributed by atoms with E-state index in [0.29, 0.717) is 24.6 Å². The lowest BCUT2D eigenvalue weighted by atomic mass is 10.1. The SMILES string of the molecule is CC(=O)NCCNC(=O)[C@@H]1Oc2ccccc2O[C@@H]1C. The highest BCUT2D eigenvalue weighted by Crippen LogP contribution is 2.33. The van der Waals surface area contributed by atoms with Crippen LogP contribution in [0.2, 0.25) is 0 Å². The van der Waals surface area contributed by atoms with Crippen molar-refractivity contribution in [1.29, 1.82) is 0 Å². The summed E-state index contributed by atoms with van der Waals surface area (Å²) in [4.78, 5) is 22.7. The third kappa shape index (κ3) is 3.40. The summed E-state index contributed by atoms with van der Waals surface area (Å²) < 4.78 is 11.3. The van der Waals surface area contributed by atoms with Gasteiger partial charge < -0.3 is 20.1 Å². The van der Waals surface area contributed by atoms with Crippen molar-refractivity contribution in [3.63, 3.8) is 0 Å². The van der Waals surface area contributed by atoms with Crippen molar-refractivity contribution >= 4 is 11.8 Å². The molecule has 2 N–H and O–H groups in total. The largest absolute Gasteiger partial charge is 0.482 e. The van der Waals surface area contributed by atoms with Gasteiger partial charge in [0.05, 0.1) is 0 Å². The maximum atomic E-state index is 12.0. The van der Waals surface area contributed by atoms with Crippen LogP contribution >= 0.6 is 0 Å². The third-order valence-corrected chi connectivity index (χ3v) is 2.90. The second-order valence-electron chi connectivity index (χ2n) is 4.58. The molecule has 6 nitrogen and oxygen atoms in total. The quantitative estimate of drug-likeness (QED) is 0.785. The van der Waals surface area contributed by atoms with E-state index in [2.05, 4.69) is 10.6 Å². The first-order chi connectivity index (χ1) is 9.58. The summed E-state index contributed by atoms with van der Waals surface area (Å²) in [6, 6.07) is 7.24. The van der Waals surface area contributed by atoms with Crippen molar-refractivity contribution in [2.24, 2.45) is 0 Å². The van der Waals surface area contributed by atoms with E-state index in [9.17, 15) is 9.59 Å². The van der Waals surface area contributed by atoms with Gasteiger partial charge in [0.2, 0.25) is 12.0 Å². The van der Waals surface area contributed by atoms with Crippen LogP contribution < -0.4 is 20.1 Å². The Morgan fingerprint density at radius 3 is 2.35 bits per heavy atom. The number of nitrogens with one attached hydrogen (secondary N) is 2. The second kappa shape index (κ2) is 6.27. The van der Waals surface area contributed by atoms with Gasteiger partial charge in [0.15, 0.2) is 11.5 Å². The Bertz CT molecular complexity index is 504. The Kier molecular flexibility index (Phi) is 4.45. The molecule has 20 heavy (non-hydrogen) atoms. The van der Waals surface area contributed by atoms with E-state index in [1.54, 1.807) is 19.1 Å². The topological polar surface area (TPSA) is 76.7 Å². The summed E-state index contributed by atoms with van der Waals surface area (Å²) >= 11 is 0. The number of carbonyl (C=O) groups is 2. The lowest BCUT2D eigenvalue weighted by Gasteiger charge is -2.31. The zero-order chi connectivity index (χ0) is 14.5. The standard InChI is InChI=1S/C14H18N2O4/c1-9-13(14(18)16-8-7-15-10(2)17)20-12-6-4-3-5-11(12)19-9/h3-6,9,13H,7-8H2,1-2H3,(H,15,17)(H,16,18)/t9-,13-/m1/s1. The Balaban J connectivity index is 1.89. The molecule has 1 aliphatic heterocycles. The van der Waals surface area contributed by atoms with Crippen LogP contribution in [0.5, 0.6) is 11.5 Å². The summed E-state index contributed by atoms with van der Waals surface area (Å²) in [7, 11) is 0. The number of para-hydroxylation sites is 2. The lowest BCUT2D eigenvalue weighted by molar-refractivity contribution is -0.133. The van der Waals surface area contributed by atoms with Crippen LogP contribution in [0, 0.1) is 0 Å². The molecule has 108 valence electrons. The molecule has 0 saturated carbocycles. The highest BCUT2D eigenvalue weighted by atomic mass is 16.6. The van der Waals surface area contributed by atoms with Gasteiger partial charge in [0.1, 0.15) is 6.10 Å². The van der Waals surface area contributed by atoms with Gasteiger partial charge in [-0.15, -0.1) is 0 Å². The molecular formula is C14H18N2O4. The van der Waals surface area contributed by atoms with E-state index in [1.807, 2.05) is 12.1 Å². The van der Waals surface area contributed by atoms with Gasteiger partial charge in [0, 0.05) is 20.0 Å². The number of rotatable bonds is 4. The zero-order valence-corrected chi connectivity index (χ0v) is 11.5. The summed E-state index contributed by atoms with van der Waals surface area (Å²) in [5.41, 5.74) is 0. The maximum Gasteiger partial charge on any atom is 0.265 e. The molecule has 2 atom stereocenters. The summed E-state index contributed by atoms with van der Waals surface area (Å²) in [5.74, 6) is 0.825. The van der Waals surface area contributed by atoms with Gasteiger partial charge in [-0.2, -0.15) is 0 Å². The molecule has 0 fully saturated rings. The molecule has 0 aliphatic carbocycles. The Morgan fingerprint density at radius 1 is 1.10 bits per heavy atom. The van der Waals surface area contributed by atoms with Crippen molar-refractivity contribution in [2.45, 2.75) is 26.1 Å². The van der Waals surface area contributed by atoms with E-state index in [4.69, 9.17) is 9.47 Å². The van der Waals surface area contributed by atoms with Crippen LogP contribution in [0.4, 0.5) is 0 Å². The molecule has 0 spiro atoms. The molecule has 1 aromatic carbocycles. The maximum absolute atomic E-state index is 12.0. The fraction of sp³-hybridized carbons (Fsp3) is 0.429. The number of amides is 2. The minimum absolute atomic E-state index is 0.126. The molecule has 1 aromatic rings. The fourth-order valence-electron chi connectivity index (χ4n) is 1.93. The van der Waals surface area contributed by atoms with Crippen molar-refractivity contribution in [1.82, 2.24) is 10.6 Å². The molecule has 2 amide bonds. The van der Waals surface area contributed by atoms with E-state index >= 15 is 0 Å². The minimum atomic E-state index is -0.692. The molecule has 1 aliphatic rings. The number of benzene rings is 1. The van der Waals surface area contributed by atoms with Gasteiger partial charge in [-0.3, -0.25) is 9.59 Å². The number of ether oxygens (including phenoxy) is 2. The Hall–Kier alpha value is -2.24. The van der Waals surface area contributed by atoms with E-state index < -0.39 is 6.10 Å². The van der Waals surface area contributed by atoms with Crippen molar-refractivity contribution in [2.75, 3.05) is 13.1 Å². The molecule has 0 bridgehead atoms. The summed E-state index contributed by atoms with van der Waals surface area (Å²) in [5, 5.41) is 5.32. The number of fused-ring (bicyclic) bond motifs is 1. The first-order valence-electron chi connectivity index (χ1n) is 6.52. The highest BCUT2D eigenvalue weighted by Gasteiger charge is 2.33. The van der Waals surface area contributed by atoms with Crippen LogP contribution in [-0.2, 0) is 9.59 Å². The summed E-state index contributed by atoms with van der Waals surface area (Å²) in [6.07, 6.45) is -1.06.